The molecule has 2 unspecified atom stereocenters. The molecular weight excluding hydrogens is 300 g/mol. The van der Waals surface area contributed by atoms with Crippen molar-refractivity contribution in [1.82, 2.24) is 4.90 Å². The Bertz CT molecular complexity index is 751. The normalized spacial score (nSPS) is 18.3. The molecule has 0 aliphatic carbocycles. The van der Waals surface area contributed by atoms with Crippen molar-refractivity contribution in [1.29, 1.82) is 0 Å². The Morgan fingerprint density at radius 2 is 1.83 bits per heavy atom. The number of carbonyl (C=O) groups is 1. The summed E-state index contributed by atoms with van der Waals surface area (Å²) in [6.45, 7) is 3.04. The Balaban J connectivity index is 1.94. The number of rotatable bonds is 5. The Morgan fingerprint density at radius 1 is 1.17 bits per heavy atom. The predicted octanol–water partition coefficient (Wildman–Crippen LogP) is 4.24. The van der Waals surface area contributed by atoms with E-state index in [1.165, 1.54) is 5.56 Å². The van der Waals surface area contributed by atoms with Crippen LogP contribution in [0.1, 0.15) is 29.2 Å². The van der Waals surface area contributed by atoms with Crippen LogP contribution < -0.4 is 0 Å². The minimum atomic E-state index is -0.102. The Hall–Kier alpha value is -2.78. The minimum Gasteiger partial charge on any atom is -0.331 e. The van der Waals surface area contributed by atoms with Gasteiger partial charge in [0.2, 0.25) is 5.91 Å². The van der Waals surface area contributed by atoms with Crippen LogP contribution in [0.2, 0.25) is 0 Å². The molecule has 0 aromatic heterocycles. The van der Waals surface area contributed by atoms with Gasteiger partial charge in [0.1, 0.15) is 0 Å². The number of hydrogen-bond donors (Lipinski definition) is 0. The summed E-state index contributed by atoms with van der Waals surface area (Å²) >= 11 is 0. The average molecular weight is 320 g/mol. The second-order valence-corrected chi connectivity index (χ2v) is 6.25. The lowest BCUT2D eigenvalue weighted by molar-refractivity contribution is -0.129. The van der Waals surface area contributed by atoms with Gasteiger partial charge in [-0.1, -0.05) is 65.3 Å². The molecule has 0 radical (unpaired) electrons. The Morgan fingerprint density at radius 3 is 2.50 bits per heavy atom. The first kappa shape index (κ1) is 16.1. The zero-order chi connectivity index (χ0) is 16.9. The molecule has 1 amide bonds. The number of aryl methyl sites for hydroxylation is 1. The van der Waals surface area contributed by atoms with Crippen molar-refractivity contribution in [3.8, 4) is 0 Å². The lowest BCUT2D eigenvalue weighted by atomic mass is 9.96. The van der Waals surface area contributed by atoms with Gasteiger partial charge in [0, 0.05) is 24.4 Å². The van der Waals surface area contributed by atoms with E-state index in [-0.39, 0.29) is 17.9 Å². The zero-order valence-electron chi connectivity index (χ0n) is 13.7. The first-order valence-electron chi connectivity index (χ1n) is 8.11. The Labute approximate surface area is 141 Å². The topological polar surface area (TPSA) is 69.1 Å². The lowest BCUT2D eigenvalue weighted by Crippen LogP contribution is -2.31. The van der Waals surface area contributed by atoms with Gasteiger partial charge in [-0.25, -0.2) is 0 Å². The number of benzene rings is 2. The number of carbonyl (C=O) groups excluding carboxylic acids is 1. The van der Waals surface area contributed by atoms with Gasteiger partial charge in [-0.15, -0.1) is 0 Å². The van der Waals surface area contributed by atoms with Crippen molar-refractivity contribution in [2.24, 2.45) is 11.0 Å². The third-order valence-corrected chi connectivity index (χ3v) is 4.46. The standard InChI is InChI=1S/C19H20N4O/c1-14-7-9-17(10-8-14)19(16-5-3-2-4-6-16)23-13-15(11-18(23)24)12-21-22-20/h2-10,15,19H,11-13H2,1H3. The lowest BCUT2D eigenvalue weighted by Gasteiger charge is -2.29. The smallest absolute Gasteiger partial charge is 0.223 e. The van der Waals surface area contributed by atoms with Gasteiger partial charge >= 0.3 is 0 Å². The molecule has 1 heterocycles. The van der Waals surface area contributed by atoms with Crippen molar-refractivity contribution in [3.05, 3.63) is 81.7 Å². The van der Waals surface area contributed by atoms with Gasteiger partial charge in [-0.05, 0) is 29.5 Å². The van der Waals surface area contributed by atoms with Crippen molar-refractivity contribution >= 4 is 5.91 Å². The van der Waals surface area contributed by atoms with Crippen LogP contribution in [0.25, 0.3) is 10.4 Å². The molecule has 1 saturated heterocycles. The fourth-order valence-electron chi connectivity index (χ4n) is 3.27. The summed E-state index contributed by atoms with van der Waals surface area (Å²) in [6, 6.07) is 18.3. The van der Waals surface area contributed by atoms with Crippen LogP contribution >= 0.6 is 0 Å². The molecule has 1 fully saturated rings. The molecule has 1 aliphatic heterocycles. The molecule has 2 aromatic rings. The van der Waals surface area contributed by atoms with E-state index in [0.717, 1.165) is 11.1 Å². The summed E-state index contributed by atoms with van der Waals surface area (Å²) in [5.74, 6) is 0.202. The van der Waals surface area contributed by atoms with Crippen LogP contribution in [-0.2, 0) is 4.79 Å². The van der Waals surface area contributed by atoms with Gasteiger partial charge in [-0.2, -0.15) is 0 Å². The van der Waals surface area contributed by atoms with E-state index in [9.17, 15) is 4.79 Å². The zero-order valence-corrected chi connectivity index (χ0v) is 13.7. The van der Waals surface area contributed by atoms with E-state index in [1.807, 2.05) is 23.1 Å². The molecule has 3 rings (SSSR count). The van der Waals surface area contributed by atoms with Gasteiger partial charge in [-0.3, -0.25) is 4.79 Å². The number of hydrogen-bond acceptors (Lipinski definition) is 2. The van der Waals surface area contributed by atoms with Crippen LogP contribution in [-0.4, -0.2) is 23.9 Å². The molecule has 2 atom stereocenters. The van der Waals surface area contributed by atoms with Crippen LogP contribution in [0.4, 0.5) is 0 Å². The maximum absolute atomic E-state index is 12.6. The average Bonchev–Trinajstić information content (AvgIpc) is 2.96. The second-order valence-electron chi connectivity index (χ2n) is 6.25. The van der Waals surface area contributed by atoms with Crippen molar-refractivity contribution in [3.63, 3.8) is 0 Å². The predicted molar refractivity (Wildman–Crippen MR) is 93.3 cm³/mol. The molecule has 1 aliphatic rings. The molecule has 0 saturated carbocycles. The molecular formula is C19H20N4O. The fraction of sp³-hybridized carbons (Fsp3) is 0.316. The maximum Gasteiger partial charge on any atom is 0.223 e. The molecule has 2 aromatic carbocycles. The second kappa shape index (κ2) is 7.20. The highest BCUT2D eigenvalue weighted by Gasteiger charge is 2.35. The Kier molecular flexibility index (Phi) is 4.82. The first-order chi connectivity index (χ1) is 11.7. The van der Waals surface area contributed by atoms with E-state index in [4.69, 9.17) is 5.53 Å². The highest BCUT2D eigenvalue weighted by molar-refractivity contribution is 5.79. The van der Waals surface area contributed by atoms with Gasteiger partial charge in [0.05, 0.1) is 6.04 Å². The largest absolute Gasteiger partial charge is 0.331 e. The van der Waals surface area contributed by atoms with Crippen molar-refractivity contribution in [2.75, 3.05) is 13.1 Å². The van der Waals surface area contributed by atoms with Gasteiger partial charge in [0.25, 0.3) is 0 Å². The van der Waals surface area contributed by atoms with Crippen molar-refractivity contribution < 1.29 is 4.79 Å². The molecule has 0 bridgehead atoms. The maximum atomic E-state index is 12.6. The molecule has 24 heavy (non-hydrogen) atoms. The first-order valence-corrected chi connectivity index (χ1v) is 8.11. The highest BCUT2D eigenvalue weighted by Crippen LogP contribution is 2.34. The summed E-state index contributed by atoms with van der Waals surface area (Å²) in [5, 5.41) is 3.64. The summed E-state index contributed by atoms with van der Waals surface area (Å²) in [7, 11) is 0. The number of amides is 1. The van der Waals surface area contributed by atoms with Crippen molar-refractivity contribution in [2.45, 2.75) is 19.4 Å². The van der Waals surface area contributed by atoms with E-state index < -0.39 is 0 Å². The summed E-state index contributed by atoms with van der Waals surface area (Å²) in [4.78, 5) is 17.3. The van der Waals surface area contributed by atoms with Crippen LogP contribution in [0.5, 0.6) is 0 Å². The van der Waals surface area contributed by atoms with Gasteiger partial charge < -0.3 is 4.90 Å². The van der Waals surface area contributed by atoms with Crippen LogP contribution in [0, 0.1) is 12.8 Å². The minimum absolute atomic E-state index is 0.0880. The third-order valence-electron chi connectivity index (χ3n) is 4.46. The summed E-state index contributed by atoms with van der Waals surface area (Å²) in [6.07, 6.45) is 0.439. The summed E-state index contributed by atoms with van der Waals surface area (Å²) < 4.78 is 0. The fourth-order valence-corrected chi connectivity index (χ4v) is 3.27. The number of nitrogens with zero attached hydrogens (tertiary/aromatic N) is 4. The number of azide groups is 1. The molecule has 0 spiro atoms. The summed E-state index contributed by atoms with van der Waals surface area (Å²) in [5.41, 5.74) is 11.9. The van der Waals surface area contributed by atoms with E-state index in [1.54, 1.807) is 0 Å². The quantitative estimate of drug-likeness (QED) is 0.461. The van der Waals surface area contributed by atoms with Crippen LogP contribution in [0.15, 0.2) is 59.7 Å². The molecule has 5 heteroatoms. The van der Waals surface area contributed by atoms with Gasteiger partial charge in [0.15, 0.2) is 0 Å². The van der Waals surface area contributed by atoms with E-state index >= 15 is 0 Å². The third kappa shape index (κ3) is 3.42. The SMILES string of the molecule is Cc1ccc(C(c2ccccc2)N2CC(CN=[N+]=[N-])CC2=O)cc1. The molecule has 0 N–H and O–H groups in total. The number of likely N-dealkylation sites (tertiary alicyclic amines) is 1. The highest BCUT2D eigenvalue weighted by atomic mass is 16.2. The monoisotopic (exact) mass is 320 g/mol. The van der Waals surface area contributed by atoms with E-state index in [0.29, 0.717) is 19.5 Å². The van der Waals surface area contributed by atoms with E-state index in [2.05, 4.69) is 53.3 Å². The molecule has 122 valence electrons. The van der Waals surface area contributed by atoms with Crippen LogP contribution in [0.3, 0.4) is 0 Å². The molecule has 5 nitrogen and oxygen atoms in total.